The molecule has 0 radical (unpaired) electrons. The van der Waals surface area contributed by atoms with Crippen LogP contribution < -0.4 is 10.5 Å². The lowest BCUT2D eigenvalue weighted by atomic mass is 9.93. The van der Waals surface area contributed by atoms with Crippen LogP contribution in [0.3, 0.4) is 0 Å². The standard InChI is InChI=1S/C14H19N3O2S2/c1-14(2,3)12-9-20-13(17-12)16-8-10-4-6-11(7-5-10)21(15,18)19/h4-7,9H,8H2,1-3H3,(H,16,17)(H2,15,18,19). The molecule has 0 spiro atoms. The van der Waals surface area contributed by atoms with Crippen molar-refractivity contribution in [2.24, 2.45) is 5.14 Å². The summed E-state index contributed by atoms with van der Waals surface area (Å²) >= 11 is 1.56. The van der Waals surface area contributed by atoms with Gasteiger partial charge in [0, 0.05) is 17.3 Å². The third-order valence-electron chi connectivity index (χ3n) is 2.97. The minimum absolute atomic E-state index is 0.0353. The average molecular weight is 325 g/mol. The maximum Gasteiger partial charge on any atom is 0.238 e. The van der Waals surface area contributed by atoms with Crippen molar-refractivity contribution in [1.29, 1.82) is 0 Å². The summed E-state index contributed by atoms with van der Waals surface area (Å²) in [7, 11) is -3.63. The number of nitrogens with two attached hydrogens (primary N) is 1. The van der Waals surface area contributed by atoms with Gasteiger partial charge in [0.2, 0.25) is 10.0 Å². The second kappa shape index (κ2) is 5.75. The Kier molecular flexibility index (Phi) is 4.36. The van der Waals surface area contributed by atoms with Gasteiger partial charge in [-0.2, -0.15) is 0 Å². The van der Waals surface area contributed by atoms with Gasteiger partial charge in [0.1, 0.15) is 0 Å². The fraction of sp³-hybridized carbons (Fsp3) is 0.357. The van der Waals surface area contributed by atoms with Crippen LogP contribution >= 0.6 is 11.3 Å². The van der Waals surface area contributed by atoms with E-state index in [-0.39, 0.29) is 10.3 Å². The predicted molar refractivity (Wildman–Crippen MR) is 86.0 cm³/mol. The molecule has 0 aliphatic carbocycles. The summed E-state index contributed by atoms with van der Waals surface area (Å²) in [6.45, 7) is 6.95. The Bertz CT molecular complexity index is 713. The zero-order valence-electron chi connectivity index (χ0n) is 12.3. The van der Waals surface area contributed by atoms with Gasteiger partial charge in [-0.1, -0.05) is 32.9 Å². The Hall–Kier alpha value is -1.44. The number of anilines is 1. The lowest BCUT2D eigenvalue weighted by Gasteiger charge is -2.14. The molecule has 0 amide bonds. The summed E-state index contributed by atoms with van der Waals surface area (Å²) < 4.78 is 22.3. The monoisotopic (exact) mass is 325 g/mol. The molecule has 0 fully saturated rings. The molecule has 2 aromatic rings. The number of benzene rings is 1. The van der Waals surface area contributed by atoms with E-state index in [0.29, 0.717) is 6.54 Å². The van der Waals surface area contributed by atoms with Gasteiger partial charge in [-0.3, -0.25) is 0 Å². The van der Waals surface area contributed by atoms with Crippen molar-refractivity contribution in [2.45, 2.75) is 37.6 Å². The molecule has 1 heterocycles. The fourth-order valence-electron chi connectivity index (χ4n) is 1.67. The molecule has 1 aromatic heterocycles. The largest absolute Gasteiger partial charge is 0.357 e. The summed E-state index contributed by atoms with van der Waals surface area (Å²) in [6, 6.07) is 6.50. The van der Waals surface area contributed by atoms with Gasteiger partial charge >= 0.3 is 0 Å². The van der Waals surface area contributed by atoms with E-state index in [2.05, 4.69) is 31.1 Å². The number of hydrogen-bond donors (Lipinski definition) is 2. The van der Waals surface area contributed by atoms with Crippen molar-refractivity contribution in [1.82, 2.24) is 4.98 Å². The zero-order valence-corrected chi connectivity index (χ0v) is 13.9. The van der Waals surface area contributed by atoms with E-state index in [1.807, 2.05) is 5.38 Å². The Morgan fingerprint density at radius 1 is 1.24 bits per heavy atom. The van der Waals surface area contributed by atoms with Crippen molar-refractivity contribution in [3.63, 3.8) is 0 Å². The number of primary sulfonamides is 1. The Morgan fingerprint density at radius 2 is 1.86 bits per heavy atom. The van der Waals surface area contributed by atoms with Gasteiger partial charge in [-0.05, 0) is 17.7 Å². The van der Waals surface area contributed by atoms with E-state index in [1.54, 1.807) is 23.5 Å². The molecule has 1 aromatic carbocycles. The number of nitrogens with one attached hydrogen (secondary N) is 1. The minimum Gasteiger partial charge on any atom is -0.357 e. The van der Waals surface area contributed by atoms with Crippen molar-refractivity contribution in [3.05, 3.63) is 40.9 Å². The van der Waals surface area contributed by atoms with Crippen LogP contribution in [-0.4, -0.2) is 13.4 Å². The summed E-state index contributed by atoms with van der Waals surface area (Å²) in [4.78, 5) is 4.67. The van der Waals surface area contributed by atoms with Crippen LogP contribution in [0.25, 0.3) is 0 Å². The number of aromatic nitrogens is 1. The highest BCUT2D eigenvalue weighted by atomic mass is 32.2. The van der Waals surface area contributed by atoms with Gasteiger partial charge in [-0.15, -0.1) is 11.3 Å². The van der Waals surface area contributed by atoms with Crippen molar-refractivity contribution in [3.8, 4) is 0 Å². The maximum atomic E-state index is 11.2. The van der Waals surface area contributed by atoms with Gasteiger partial charge < -0.3 is 5.32 Å². The third-order valence-corrected chi connectivity index (χ3v) is 4.70. The summed E-state index contributed by atoms with van der Waals surface area (Å²) in [5, 5.41) is 11.2. The van der Waals surface area contributed by atoms with Crippen LogP contribution in [0, 0.1) is 0 Å². The molecule has 2 rings (SSSR count). The van der Waals surface area contributed by atoms with Crippen LogP contribution in [0.15, 0.2) is 34.5 Å². The first-order chi connectivity index (χ1) is 9.66. The Balaban J connectivity index is 2.02. The highest BCUT2D eigenvalue weighted by molar-refractivity contribution is 7.89. The smallest absolute Gasteiger partial charge is 0.238 e. The molecule has 21 heavy (non-hydrogen) atoms. The van der Waals surface area contributed by atoms with Crippen molar-refractivity contribution in [2.75, 3.05) is 5.32 Å². The topological polar surface area (TPSA) is 85.1 Å². The lowest BCUT2D eigenvalue weighted by Crippen LogP contribution is -2.12. The molecule has 3 N–H and O–H groups in total. The summed E-state index contributed by atoms with van der Waals surface area (Å²) in [5.41, 5.74) is 2.06. The number of thiazole rings is 1. The molecule has 0 aliphatic rings. The van der Waals surface area contributed by atoms with Gasteiger partial charge in [0.15, 0.2) is 5.13 Å². The van der Waals surface area contributed by atoms with Crippen molar-refractivity contribution >= 4 is 26.5 Å². The van der Waals surface area contributed by atoms with E-state index in [4.69, 9.17) is 5.14 Å². The predicted octanol–water partition coefficient (Wildman–Crippen LogP) is 2.70. The van der Waals surface area contributed by atoms with Crippen LogP contribution in [-0.2, 0) is 22.0 Å². The first-order valence-electron chi connectivity index (χ1n) is 6.48. The first-order valence-corrected chi connectivity index (χ1v) is 8.90. The van der Waals surface area contributed by atoms with Crippen LogP contribution in [0.2, 0.25) is 0 Å². The van der Waals surface area contributed by atoms with Gasteiger partial charge in [0.05, 0.1) is 10.6 Å². The number of nitrogens with zero attached hydrogens (tertiary/aromatic N) is 1. The zero-order chi connectivity index (χ0) is 15.7. The third kappa shape index (κ3) is 4.26. The molecule has 0 saturated heterocycles. The summed E-state index contributed by atoms with van der Waals surface area (Å²) in [6.07, 6.45) is 0. The van der Waals surface area contributed by atoms with E-state index >= 15 is 0 Å². The quantitative estimate of drug-likeness (QED) is 0.905. The second-order valence-corrected chi connectivity index (χ2v) is 8.25. The van der Waals surface area contributed by atoms with E-state index in [0.717, 1.165) is 16.4 Å². The maximum absolute atomic E-state index is 11.2. The van der Waals surface area contributed by atoms with Gasteiger partial charge in [-0.25, -0.2) is 18.5 Å². The molecule has 0 bridgehead atoms. The normalized spacial score (nSPS) is 12.4. The van der Waals surface area contributed by atoms with Crippen LogP contribution in [0.4, 0.5) is 5.13 Å². The fourth-order valence-corrected chi connectivity index (χ4v) is 3.13. The van der Waals surface area contributed by atoms with Crippen molar-refractivity contribution < 1.29 is 8.42 Å². The van der Waals surface area contributed by atoms with E-state index < -0.39 is 10.0 Å². The van der Waals surface area contributed by atoms with E-state index in [1.165, 1.54) is 12.1 Å². The number of hydrogen-bond acceptors (Lipinski definition) is 5. The molecule has 5 nitrogen and oxygen atoms in total. The lowest BCUT2D eigenvalue weighted by molar-refractivity contribution is 0.573. The van der Waals surface area contributed by atoms with Crippen LogP contribution in [0.5, 0.6) is 0 Å². The highest BCUT2D eigenvalue weighted by Gasteiger charge is 2.17. The SMILES string of the molecule is CC(C)(C)c1csc(NCc2ccc(S(N)(=O)=O)cc2)n1. The molecule has 0 unspecified atom stereocenters. The van der Waals surface area contributed by atoms with Crippen LogP contribution in [0.1, 0.15) is 32.0 Å². The molecular weight excluding hydrogens is 306 g/mol. The average Bonchev–Trinajstić information content (AvgIpc) is 2.84. The van der Waals surface area contributed by atoms with Gasteiger partial charge in [0.25, 0.3) is 0 Å². The molecule has 114 valence electrons. The summed E-state index contributed by atoms with van der Waals surface area (Å²) in [5.74, 6) is 0. The number of rotatable bonds is 4. The Labute approximate surface area is 129 Å². The molecule has 0 aliphatic heterocycles. The molecule has 0 atom stereocenters. The second-order valence-electron chi connectivity index (χ2n) is 5.83. The number of sulfonamides is 1. The minimum atomic E-state index is -3.63. The first kappa shape index (κ1) is 15.9. The molecule has 7 heteroatoms. The molecular formula is C14H19N3O2S2. The highest BCUT2D eigenvalue weighted by Crippen LogP contribution is 2.26. The molecule has 0 saturated carbocycles. The Morgan fingerprint density at radius 3 is 2.33 bits per heavy atom. The van der Waals surface area contributed by atoms with E-state index in [9.17, 15) is 8.42 Å².